The molecule has 0 radical (unpaired) electrons. The van der Waals surface area contributed by atoms with Crippen LogP contribution in [0.2, 0.25) is 0 Å². The van der Waals surface area contributed by atoms with Crippen molar-refractivity contribution in [2.45, 2.75) is 6.10 Å². The first-order valence-corrected chi connectivity index (χ1v) is 3.39. The molecule has 0 aliphatic carbocycles. The molecule has 0 unspecified atom stereocenters. The molecule has 1 rings (SSSR count). The lowest BCUT2D eigenvalue weighted by atomic mass is 10.2. The van der Waals surface area contributed by atoms with Crippen LogP contribution in [0.3, 0.4) is 0 Å². The second-order valence-electron chi connectivity index (χ2n) is 2.40. The fourth-order valence-corrected chi connectivity index (χ4v) is 0.955. The van der Waals surface area contributed by atoms with Crippen molar-refractivity contribution in [3.8, 4) is 0 Å². The summed E-state index contributed by atoms with van der Waals surface area (Å²) in [6, 6.07) is 0. The van der Waals surface area contributed by atoms with Gasteiger partial charge in [0.25, 0.3) is 0 Å². The van der Waals surface area contributed by atoms with Crippen LogP contribution in [0.1, 0.15) is 11.7 Å². The van der Waals surface area contributed by atoms with Gasteiger partial charge in [-0.25, -0.2) is 4.79 Å². The van der Waals surface area contributed by atoms with E-state index in [1.165, 1.54) is 18.0 Å². The molecular weight excluding hydrogens is 160 g/mol. The van der Waals surface area contributed by atoms with Gasteiger partial charge in [-0.2, -0.15) is 5.10 Å². The van der Waals surface area contributed by atoms with Gasteiger partial charge < -0.3 is 9.84 Å². The van der Waals surface area contributed by atoms with Gasteiger partial charge in [0, 0.05) is 25.9 Å². The van der Waals surface area contributed by atoms with Crippen LogP contribution >= 0.6 is 0 Å². The molecule has 66 valence electrons. The van der Waals surface area contributed by atoms with Crippen LogP contribution in [0.25, 0.3) is 0 Å². The van der Waals surface area contributed by atoms with E-state index < -0.39 is 12.1 Å². The first kappa shape index (κ1) is 8.73. The summed E-state index contributed by atoms with van der Waals surface area (Å²) in [5, 5.41) is 12.5. The minimum absolute atomic E-state index is 0.549. The second-order valence-corrected chi connectivity index (χ2v) is 2.40. The van der Waals surface area contributed by atoms with Gasteiger partial charge in [0.2, 0.25) is 0 Å². The molecule has 0 aromatic carbocycles. The van der Waals surface area contributed by atoms with Crippen molar-refractivity contribution >= 4 is 5.97 Å². The van der Waals surface area contributed by atoms with Crippen molar-refractivity contribution in [3.63, 3.8) is 0 Å². The lowest BCUT2D eigenvalue weighted by molar-refractivity contribution is -0.148. The highest BCUT2D eigenvalue weighted by Crippen LogP contribution is 2.14. The van der Waals surface area contributed by atoms with Crippen LogP contribution in [-0.2, 0) is 16.6 Å². The van der Waals surface area contributed by atoms with Gasteiger partial charge in [-0.15, -0.1) is 0 Å². The van der Waals surface area contributed by atoms with E-state index in [-0.39, 0.29) is 0 Å². The summed E-state index contributed by atoms with van der Waals surface area (Å²) < 4.78 is 6.29. The molecule has 0 aliphatic rings. The van der Waals surface area contributed by atoms with E-state index in [2.05, 4.69) is 5.10 Å². The quantitative estimate of drug-likeness (QED) is 0.703. The third-order valence-corrected chi connectivity index (χ3v) is 1.49. The predicted molar refractivity (Wildman–Crippen MR) is 40.6 cm³/mol. The third kappa shape index (κ3) is 1.62. The van der Waals surface area contributed by atoms with Crippen LogP contribution in [0.15, 0.2) is 12.4 Å². The van der Waals surface area contributed by atoms with Gasteiger partial charge in [-0.1, -0.05) is 0 Å². The normalized spacial score (nSPS) is 12.8. The molecule has 0 spiro atoms. The topological polar surface area (TPSA) is 64.3 Å². The van der Waals surface area contributed by atoms with Crippen LogP contribution in [-0.4, -0.2) is 28.0 Å². The Hall–Kier alpha value is -1.36. The fourth-order valence-electron chi connectivity index (χ4n) is 0.955. The fraction of sp³-hybridized carbons (Fsp3) is 0.429. The zero-order valence-electron chi connectivity index (χ0n) is 6.89. The molecule has 0 bridgehead atoms. The molecule has 5 nitrogen and oxygen atoms in total. The molecule has 1 aromatic heterocycles. The van der Waals surface area contributed by atoms with E-state index in [9.17, 15) is 4.79 Å². The summed E-state index contributed by atoms with van der Waals surface area (Å²) in [7, 11) is 3.07. The molecule has 0 saturated carbocycles. The Labute approximate surface area is 69.6 Å². The summed E-state index contributed by atoms with van der Waals surface area (Å²) in [4.78, 5) is 10.6. The average Bonchev–Trinajstić information content (AvgIpc) is 2.37. The largest absolute Gasteiger partial charge is 0.479 e. The van der Waals surface area contributed by atoms with E-state index in [0.717, 1.165) is 0 Å². The number of rotatable bonds is 3. The first-order chi connectivity index (χ1) is 5.65. The Morgan fingerprint density at radius 1 is 1.83 bits per heavy atom. The Kier molecular flexibility index (Phi) is 2.44. The van der Waals surface area contributed by atoms with Gasteiger partial charge >= 0.3 is 5.97 Å². The van der Waals surface area contributed by atoms with E-state index in [0.29, 0.717) is 5.56 Å². The molecule has 1 N–H and O–H groups in total. The SMILES string of the molecule is CO[C@H](C(=O)O)c1cnn(C)c1. The lowest BCUT2D eigenvalue weighted by Gasteiger charge is -2.06. The van der Waals surface area contributed by atoms with Crippen LogP contribution in [0.5, 0.6) is 0 Å². The van der Waals surface area contributed by atoms with Gasteiger partial charge in [-0.3, -0.25) is 4.68 Å². The lowest BCUT2D eigenvalue weighted by Crippen LogP contribution is -2.12. The standard InChI is InChI=1S/C7H10N2O3/c1-9-4-5(3-8-9)6(12-2)7(10)11/h3-4,6H,1-2H3,(H,10,11)/t6-/m0/s1. The maximum absolute atomic E-state index is 10.6. The van der Waals surface area contributed by atoms with Gasteiger partial charge in [0.05, 0.1) is 6.20 Å². The van der Waals surface area contributed by atoms with Crippen molar-refractivity contribution < 1.29 is 14.6 Å². The molecule has 0 saturated heterocycles. The number of ether oxygens (including phenoxy) is 1. The molecule has 5 heteroatoms. The number of nitrogens with zero attached hydrogens (tertiary/aromatic N) is 2. The summed E-state index contributed by atoms with van der Waals surface area (Å²) in [5.74, 6) is -1.01. The van der Waals surface area contributed by atoms with Gasteiger partial charge in [0.1, 0.15) is 0 Å². The van der Waals surface area contributed by atoms with E-state index in [1.54, 1.807) is 13.2 Å². The van der Waals surface area contributed by atoms with Crippen molar-refractivity contribution in [3.05, 3.63) is 18.0 Å². The molecule has 0 amide bonds. The number of aromatic nitrogens is 2. The minimum atomic E-state index is -1.01. The minimum Gasteiger partial charge on any atom is -0.479 e. The Morgan fingerprint density at radius 2 is 2.50 bits per heavy atom. The maximum atomic E-state index is 10.6. The van der Waals surface area contributed by atoms with E-state index in [1.807, 2.05) is 0 Å². The summed E-state index contributed by atoms with van der Waals surface area (Å²) in [5.41, 5.74) is 0.549. The average molecular weight is 170 g/mol. The summed E-state index contributed by atoms with van der Waals surface area (Å²) in [6.07, 6.45) is 2.17. The molecule has 1 atom stereocenters. The number of carboxylic acids is 1. The van der Waals surface area contributed by atoms with E-state index in [4.69, 9.17) is 9.84 Å². The van der Waals surface area contributed by atoms with Crippen molar-refractivity contribution in [1.29, 1.82) is 0 Å². The molecule has 0 fully saturated rings. The predicted octanol–water partition coefficient (Wildman–Crippen LogP) is 0.192. The zero-order chi connectivity index (χ0) is 9.14. The first-order valence-electron chi connectivity index (χ1n) is 3.39. The highest BCUT2D eigenvalue weighted by atomic mass is 16.5. The molecule has 1 aromatic rings. The highest BCUT2D eigenvalue weighted by Gasteiger charge is 2.19. The number of aliphatic carboxylic acids is 1. The number of carbonyl (C=O) groups is 1. The molecule has 1 heterocycles. The summed E-state index contributed by atoms with van der Waals surface area (Å²) in [6.45, 7) is 0. The van der Waals surface area contributed by atoms with Crippen molar-refractivity contribution in [2.24, 2.45) is 7.05 Å². The zero-order valence-corrected chi connectivity index (χ0v) is 6.89. The molecule has 0 aliphatic heterocycles. The van der Waals surface area contributed by atoms with Gasteiger partial charge in [-0.05, 0) is 0 Å². The Balaban J connectivity index is 2.87. The molecule has 12 heavy (non-hydrogen) atoms. The van der Waals surface area contributed by atoms with Gasteiger partial charge in [0.15, 0.2) is 6.10 Å². The molecular formula is C7H10N2O3. The monoisotopic (exact) mass is 170 g/mol. The van der Waals surface area contributed by atoms with Crippen LogP contribution in [0, 0.1) is 0 Å². The number of hydrogen-bond acceptors (Lipinski definition) is 3. The number of carboxylic acid groups (broad SMARTS) is 1. The number of hydrogen-bond donors (Lipinski definition) is 1. The van der Waals surface area contributed by atoms with Crippen molar-refractivity contribution in [1.82, 2.24) is 9.78 Å². The second kappa shape index (κ2) is 3.36. The smallest absolute Gasteiger partial charge is 0.337 e. The van der Waals surface area contributed by atoms with E-state index >= 15 is 0 Å². The summed E-state index contributed by atoms with van der Waals surface area (Å²) >= 11 is 0. The van der Waals surface area contributed by atoms with Crippen molar-refractivity contribution in [2.75, 3.05) is 7.11 Å². The highest BCUT2D eigenvalue weighted by molar-refractivity contribution is 5.74. The van der Waals surface area contributed by atoms with Crippen LogP contribution in [0.4, 0.5) is 0 Å². The third-order valence-electron chi connectivity index (χ3n) is 1.49. The number of aryl methyl sites for hydroxylation is 1. The maximum Gasteiger partial charge on any atom is 0.337 e. The van der Waals surface area contributed by atoms with Crippen LogP contribution < -0.4 is 0 Å². The Bertz CT molecular complexity index is 282. The number of methoxy groups -OCH3 is 1. The Morgan fingerprint density at radius 3 is 2.83 bits per heavy atom.